The van der Waals surface area contributed by atoms with Crippen molar-refractivity contribution < 1.29 is 0 Å². The Kier molecular flexibility index (Phi) is 3.58. The van der Waals surface area contributed by atoms with Gasteiger partial charge in [0.1, 0.15) is 0 Å². The fraction of sp³-hybridized carbons (Fsp3) is 0.263. The molecule has 0 aliphatic carbocycles. The van der Waals surface area contributed by atoms with Gasteiger partial charge in [0, 0.05) is 49.0 Å². The second-order valence-corrected chi connectivity index (χ2v) is 6.49. The Morgan fingerprint density at radius 2 is 1.88 bits per heavy atom. The maximum absolute atomic E-state index is 4.55. The highest BCUT2D eigenvalue weighted by molar-refractivity contribution is 5.87. The van der Waals surface area contributed by atoms with E-state index in [1.807, 2.05) is 19.4 Å². The van der Waals surface area contributed by atoms with Crippen molar-refractivity contribution in [1.82, 2.24) is 24.2 Å². The molecule has 5 nitrogen and oxygen atoms in total. The first-order valence-electron chi connectivity index (χ1n) is 8.13. The van der Waals surface area contributed by atoms with Crippen LogP contribution in [-0.4, -0.2) is 44.9 Å². The molecule has 0 amide bonds. The Bertz CT molecular complexity index is 1010. The number of pyridine rings is 1. The zero-order valence-corrected chi connectivity index (χ0v) is 14.3. The normalized spacial score (nSPS) is 11.8. The average molecular weight is 319 g/mol. The predicted octanol–water partition coefficient (Wildman–Crippen LogP) is 3.15. The number of aryl methyl sites for hydroxylation is 1. The van der Waals surface area contributed by atoms with E-state index in [4.69, 9.17) is 0 Å². The van der Waals surface area contributed by atoms with Crippen molar-refractivity contribution in [3.05, 3.63) is 48.9 Å². The maximum Gasteiger partial charge on any atom is 0.157 e. The van der Waals surface area contributed by atoms with Crippen LogP contribution in [0.1, 0.15) is 0 Å². The molecular weight excluding hydrogens is 298 g/mol. The molecule has 4 rings (SSSR count). The number of benzene rings is 1. The molecule has 5 heteroatoms. The first kappa shape index (κ1) is 14.9. The first-order valence-corrected chi connectivity index (χ1v) is 8.13. The monoisotopic (exact) mass is 319 g/mol. The third kappa shape index (κ3) is 2.57. The molecule has 0 bridgehead atoms. The summed E-state index contributed by atoms with van der Waals surface area (Å²) in [6.45, 7) is 2.01. The lowest BCUT2D eigenvalue weighted by Crippen LogP contribution is -2.17. The Morgan fingerprint density at radius 1 is 1.00 bits per heavy atom. The minimum absolute atomic E-state index is 0.911. The molecule has 3 aromatic heterocycles. The third-order valence-electron chi connectivity index (χ3n) is 4.47. The van der Waals surface area contributed by atoms with E-state index in [1.54, 1.807) is 4.68 Å². The van der Waals surface area contributed by atoms with Gasteiger partial charge in [0.05, 0.1) is 6.20 Å². The molecule has 1 aromatic carbocycles. The van der Waals surface area contributed by atoms with Gasteiger partial charge < -0.3 is 9.47 Å². The lowest BCUT2D eigenvalue weighted by molar-refractivity contribution is 0.387. The van der Waals surface area contributed by atoms with E-state index in [2.05, 4.69) is 70.2 Å². The highest BCUT2D eigenvalue weighted by atomic mass is 15.3. The second-order valence-electron chi connectivity index (χ2n) is 6.49. The third-order valence-corrected chi connectivity index (χ3v) is 4.47. The van der Waals surface area contributed by atoms with Gasteiger partial charge in [-0.25, -0.2) is 4.98 Å². The van der Waals surface area contributed by atoms with Crippen molar-refractivity contribution in [1.29, 1.82) is 0 Å². The fourth-order valence-electron chi connectivity index (χ4n) is 3.07. The molecule has 0 radical (unpaired) electrons. The highest BCUT2D eigenvalue weighted by Gasteiger charge is 2.07. The van der Waals surface area contributed by atoms with Gasteiger partial charge in [0.2, 0.25) is 0 Å². The van der Waals surface area contributed by atoms with Crippen LogP contribution in [-0.2, 0) is 13.6 Å². The van der Waals surface area contributed by atoms with Gasteiger partial charge in [-0.05, 0) is 43.2 Å². The largest absolute Gasteiger partial charge is 0.346 e. The summed E-state index contributed by atoms with van der Waals surface area (Å²) >= 11 is 0. The zero-order chi connectivity index (χ0) is 16.7. The summed E-state index contributed by atoms with van der Waals surface area (Å²) in [5, 5.41) is 6.61. The average Bonchev–Trinajstić information content (AvgIpc) is 3.16. The van der Waals surface area contributed by atoms with E-state index in [-0.39, 0.29) is 0 Å². The summed E-state index contributed by atoms with van der Waals surface area (Å²) in [7, 11) is 6.12. The van der Waals surface area contributed by atoms with Crippen LogP contribution in [0.25, 0.3) is 33.1 Å². The van der Waals surface area contributed by atoms with Crippen molar-refractivity contribution >= 4 is 21.9 Å². The molecule has 24 heavy (non-hydrogen) atoms. The molecule has 4 aromatic rings. The van der Waals surface area contributed by atoms with Gasteiger partial charge in [0.15, 0.2) is 5.65 Å². The van der Waals surface area contributed by atoms with Crippen LogP contribution in [0.15, 0.2) is 48.9 Å². The highest BCUT2D eigenvalue weighted by Crippen LogP contribution is 2.26. The van der Waals surface area contributed by atoms with Crippen LogP contribution in [0.4, 0.5) is 0 Å². The summed E-state index contributed by atoms with van der Waals surface area (Å²) in [5.41, 5.74) is 4.48. The molecule has 122 valence electrons. The number of fused-ring (bicyclic) bond motifs is 2. The number of hydrogen-bond acceptors (Lipinski definition) is 3. The smallest absolute Gasteiger partial charge is 0.157 e. The molecule has 0 fully saturated rings. The van der Waals surface area contributed by atoms with Gasteiger partial charge in [-0.2, -0.15) is 5.10 Å². The number of likely N-dealkylation sites (N-methyl/N-ethyl adjacent to an activating group) is 1. The molecule has 0 N–H and O–H groups in total. The molecule has 0 atom stereocenters. The molecular formula is C19H21N5. The lowest BCUT2D eigenvalue weighted by Gasteiger charge is -2.11. The SMILES string of the molecule is CN(C)CCn1ccc2ccc(-c3cnc4c(cnn4C)c3)cc21. The van der Waals surface area contributed by atoms with E-state index in [1.165, 1.54) is 16.5 Å². The Morgan fingerprint density at radius 3 is 2.71 bits per heavy atom. The maximum atomic E-state index is 4.55. The van der Waals surface area contributed by atoms with Crippen molar-refractivity contribution in [3.8, 4) is 11.1 Å². The summed E-state index contributed by atoms with van der Waals surface area (Å²) < 4.78 is 4.11. The van der Waals surface area contributed by atoms with E-state index >= 15 is 0 Å². The number of rotatable bonds is 4. The van der Waals surface area contributed by atoms with E-state index in [9.17, 15) is 0 Å². The van der Waals surface area contributed by atoms with Crippen molar-refractivity contribution in [2.75, 3.05) is 20.6 Å². The molecule has 0 aliphatic heterocycles. The number of nitrogens with zero attached hydrogens (tertiary/aromatic N) is 5. The minimum Gasteiger partial charge on any atom is -0.346 e. The Balaban J connectivity index is 1.76. The van der Waals surface area contributed by atoms with Crippen LogP contribution in [0.2, 0.25) is 0 Å². The van der Waals surface area contributed by atoms with Crippen molar-refractivity contribution in [2.24, 2.45) is 7.05 Å². The Hall–Kier alpha value is -2.66. The van der Waals surface area contributed by atoms with Gasteiger partial charge in [-0.15, -0.1) is 0 Å². The topological polar surface area (TPSA) is 38.9 Å². The zero-order valence-electron chi connectivity index (χ0n) is 14.3. The summed E-state index contributed by atoms with van der Waals surface area (Å²) in [6, 6.07) is 10.9. The van der Waals surface area contributed by atoms with Crippen molar-refractivity contribution in [2.45, 2.75) is 6.54 Å². The van der Waals surface area contributed by atoms with Crippen LogP contribution in [0.3, 0.4) is 0 Å². The van der Waals surface area contributed by atoms with Gasteiger partial charge >= 0.3 is 0 Å². The summed E-state index contributed by atoms with van der Waals surface area (Å²) in [4.78, 5) is 6.76. The standard InChI is InChI=1S/C19H21N5/c1-22(2)8-9-24-7-6-14-4-5-15(11-18(14)24)16-10-17-13-21-23(3)19(17)20-12-16/h4-7,10-13H,8-9H2,1-3H3. The van der Waals surface area contributed by atoms with Crippen LogP contribution < -0.4 is 0 Å². The van der Waals surface area contributed by atoms with Gasteiger partial charge in [0.25, 0.3) is 0 Å². The Labute approximate surface area is 141 Å². The molecule has 0 unspecified atom stereocenters. The number of aromatic nitrogens is 4. The van der Waals surface area contributed by atoms with E-state index < -0.39 is 0 Å². The van der Waals surface area contributed by atoms with Crippen LogP contribution >= 0.6 is 0 Å². The van der Waals surface area contributed by atoms with Gasteiger partial charge in [-0.1, -0.05) is 12.1 Å². The van der Waals surface area contributed by atoms with Crippen LogP contribution in [0, 0.1) is 0 Å². The minimum atomic E-state index is 0.911. The molecule has 0 spiro atoms. The lowest BCUT2D eigenvalue weighted by atomic mass is 10.1. The van der Waals surface area contributed by atoms with Gasteiger partial charge in [-0.3, -0.25) is 4.68 Å². The molecule has 0 saturated heterocycles. The van der Waals surface area contributed by atoms with Crippen LogP contribution in [0.5, 0.6) is 0 Å². The summed E-state index contributed by atoms with van der Waals surface area (Å²) in [6.07, 6.45) is 5.96. The fourth-order valence-corrected chi connectivity index (χ4v) is 3.07. The predicted molar refractivity (Wildman–Crippen MR) is 98.0 cm³/mol. The first-order chi connectivity index (χ1) is 11.6. The van der Waals surface area contributed by atoms with Crippen molar-refractivity contribution in [3.63, 3.8) is 0 Å². The molecule has 0 saturated carbocycles. The molecule has 0 aliphatic rings. The van der Waals surface area contributed by atoms with E-state index in [0.29, 0.717) is 0 Å². The second kappa shape index (κ2) is 5.76. The quantitative estimate of drug-likeness (QED) is 0.580. The number of hydrogen-bond donors (Lipinski definition) is 0. The van der Waals surface area contributed by atoms with E-state index in [0.717, 1.165) is 29.7 Å². The molecule has 3 heterocycles. The summed E-state index contributed by atoms with van der Waals surface area (Å²) in [5.74, 6) is 0.